The fraction of sp³-hybridized carbons (Fsp3) is 0.429. The van der Waals surface area contributed by atoms with Crippen LogP contribution in [0.1, 0.15) is 19.8 Å². The van der Waals surface area contributed by atoms with Crippen LogP contribution in [0.25, 0.3) is 0 Å². The van der Waals surface area contributed by atoms with Crippen LogP contribution >= 0.6 is 0 Å². The molecule has 0 fully saturated rings. The molecule has 66 valence electrons. The van der Waals surface area contributed by atoms with Gasteiger partial charge in [-0.3, -0.25) is 0 Å². The third kappa shape index (κ3) is 1.75. The zero-order valence-electron chi connectivity index (χ0n) is 6.73. The Morgan fingerprint density at radius 1 is 1.50 bits per heavy atom. The van der Waals surface area contributed by atoms with E-state index in [1.807, 2.05) is 19.1 Å². The summed E-state index contributed by atoms with van der Waals surface area (Å²) in [4.78, 5) is 20.5. The van der Waals surface area contributed by atoms with Crippen molar-refractivity contribution in [2.45, 2.75) is 19.8 Å². The minimum absolute atomic E-state index is 0.721. The molecule has 0 aromatic heterocycles. The van der Waals surface area contributed by atoms with Crippen LogP contribution in [0, 0.1) is 9.81 Å². The summed E-state index contributed by atoms with van der Waals surface area (Å²) in [6.07, 6.45) is 5.52. The fourth-order valence-electron chi connectivity index (χ4n) is 1.19. The Morgan fingerprint density at radius 2 is 2.17 bits per heavy atom. The Labute approximate surface area is 76.8 Å². The number of nitrogens with zero attached hydrogens (tertiary/aromatic N) is 2. The molecular formula is C7H10N2O2W. The van der Waals surface area contributed by atoms with Crippen LogP contribution < -0.4 is 0 Å². The topological polar surface area (TPSA) is 58.9 Å². The van der Waals surface area contributed by atoms with Crippen LogP contribution in [0.5, 0.6) is 0 Å². The van der Waals surface area contributed by atoms with E-state index in [4.69, 9.17) is 0 Å². The maximum atomic E-state index is 10.3. The van der Waals surface area contributed by atoms with E-state index >= 15 is 0 Å². The van der Waals surface area contributed by atoms with E-state index in [0.29, 0.717) is 0 Å². The molecule has 0 atom stereocenters. The Balaban J connectivity index is 2.86. The first kappa shape index (κ1) is 9.46. The first-order valence-corrected chi connectivity index (χ1v) is 8.16. The third-order valence-electron chi connectivity index (χ3n) is 1.78. The van der Waals surface area contributed by atoms with Crippen molar-refractivity contribution < 1.29 is 17.8 Å². The van der Waals surface area contributed by atoms with Crippen LogP contribution in [0.15, 0.2) is 29.2 Å². The van der Waals surface area contributed by atoms with Gasteiger partial charge in [-0.25, -0.2) is 0 Å². The monoisotopic (exact) mass is 338 g/mol. The van der Waals surface area contributed by atoms with Crippen molar-refractivity contribution in [1.29, 1.82) is 0 Å². The molecule has 0 aromatic carbocycles. The van der Waals surface area contributed by atoms with Crippen LogP contribution in [0.2, 0.25) is 0 Å². The second-order valence-corrected chi connectivity index (χ2v) is 7.58. The van der Waals surface area contributed by atoms with Gasteiger partial charge in [0.1, 0.15) is 0 Å². The Bertz CT molecular complexity index is 252. The van der Waals surface area contributed by atoms with Gasteiger partial charge in [-0.15, -0.1) is 0 Å². The molecule has 12 heavy (non-hydrogen) atoms. The molecule has 5 heteroatoms. The van der Waals surface area contributed by atoms with Crippen molar-refractivity contribution in [3.05, 3.63) is 31.5 Å². The Kier molecular flexibility index (Phi) is 3.47. The van der Waals surface area contributed by atoms with E-state index in [1.54, 1.807) is 0 Å². The van der Waals surface area contributed by atoms with Gasteiger partial charge in [0, 0.05) is 0 Å². The molecule has 4 nitrogen and oxygen atoms in total. The molecule has 0 aromatic rings. The molecule has 1 rings (SSSR count). The summed E-state index contributed by atoms with van der Waals surface area (Å²) in [6.45, 7) is 2.00. The molecule has 1 aliphatic rings. The number of hydrogen-bond donors (Lipinski definition) is 0. The molecule has 0 amide bonds. The van der Waals surface area contributed by atoms with E-state index in [2.05, 4.69) is 7.47 Å². The quantitative estimate of drug-likeness (QED) is 0.739. The summed E-state index contributed by atoms with van der Waals surface area (Å²) in [7, 11) is 0. The summed E-state index contributed by atoms with van der Waals surface area (Å²) in [5.74, 6) is 0. The number of allylic oxidation sites excluding steroid dienone is 4. The van der Waals surface area contributed by atoms with Gasteiger partial charge < -0.3 is 0 Å². The molecule has 0 saturated heterocycles. The summed E-state index contributed by atoms with van der Waals surface area (Å²) in [6, 6.07) is 0. The second-order valence-electron chi connectivity index (χ2n) is 2.38. The van der Waals surface area contributed by atoms with E-state index < -0.39 is 17.8 Å². The van der Waals surface area contributed by atoms with E-state index in [9.17, 15) is 9.81 Å². The van der Waals surface area contributed by atoms with Crippen LogP contribution in [-0.4, -0.2) is 0 Å². The minimum atomic E-state index is -2.99. The molecule has 1 aliphatic carbocycles. The molecule has 0 spiro atoms. The number of hydrogen-bond acceptors (Lipinski definition) is 4. The second kappa shape index (κ2) is 4.41. The average Bonchev–Trinajstić information content (AvgIpc) is 2.55. The first-order valence-electron chi connectivity index (χ1n) is 3.68. The zero-order chi connectivity index (χ0) is 8.97. The van der Waals surface area contributed by atoms with Gasteiger partial charge in [-0.05, 0) is 0 Å². The van der Waals surface area contributed by atoms with Gasteiger partial charge in [-0.1, -0.05) is 0 Å². The number of rotatable bonds is 4. The van der Waals surface area contributed by atoms with Crippen LogP contribution in [-0.2, 0) is 17.8 Å². The van der Waals surface area contributed by atoms with E-state index in [1.165, 1.54) is 0 Å². The fourth-order valence-corrected chi connectivity index (χ4v) is 4.73. The van der Waals surface area contributed by atoms with Crippen molar-refractivity contribution in [2.24, 2.45) is 7.47 Å². The molecular weight excluding hydrogens is 328 g/mol. The van der Waals surface area contributed by atoms with Gasteiger partial charge in [0.15, 0.2) is 0 Å². The van der Waals surface area contributed by atoms with E-state index in [0.717, 1.165) is 22.4 Å². The van der Waals surface area contributed by atoms with Crippen molar-refractivity contribution in [3.63, 3.8) is 0 Å². The normalized spacial score (nSPS) is 16.6. The van der Waals surface area contributed by atoms with Crippen molar-refractivity contribution in [1.82, 2.24) is 0 Å². The van der Waals surface area contributed by atoms with Crippen LogP contribution in [0.4, 0.5) is 0 Å². The predicted molar refractivity (Wildman–Crippen MR) is 44.1 cm³/mol. The number of nitroso groups, excluding NO2 is 2. The summed E-state index contributed by atoms with van der Waals surface area (Å²) in [5, 5.41) is 0. The van der Waals surface area contributed by atoms with Crippen molar-refractivity contribution in [2.75, 3.05) is 0 Å². The molecule has 0 aliphatic heterocycles. The van der Waals surface area contributed by atoms with E-state index in [-0.39, 0.29) is 0 Å². The molecule has 0 bridgehead atoms. The Morgan fingerprint density at radius 3 is 2.67 bits per heavy atom. The molecule has 0 saturated carbocycles. The first-order chi connectivity index (χ1) is 5.83. The summed E-state index contributed by atoms with van der Waals surface area (Å²) in [5.41, 5.74) is 1.10. The molecule has 0 radical (unpaired) electrons. The van der Waals surface area contributed by atoms with Gasteiger partial charge in [-0.2, -0.15) is 0 Å². The maximum absolute atomic E-state index is 10.3. The zero-order valence-corrected chi connectivity index (χ0v) is 9.94. The SMILES string of the molecule is CCC1=[C]([WH]([N]=O)[N]=O)CC=C1. The van der Waals surface area contributed by atoms with Gasteiger partial charge >= 0.3 is 76.6 Å². The molecule has 0 heterocycles. The third-order valence-corrected chi connectivity index (χ3v) is 6.31. The van der Waals surface area contributed by atoms with Crippen molar-refractivity contribution in [3.8, 4) is 0 Å². The Hall–Kier alpha value is -0.632. The molecule has 0 N–H and O–H groups in total. The summed E-state index contributed by atoms with van der Waals surface area (Å²) >= 11 is -2.99. The predicted octanol–water partition coefficient (Wildman–Crippen LogP) is 2.32. The van der Waals surface area contributed by atoms with Gasteiger partial charge in [0.2, 0.25) is 0 Å². The van der Waals surface area contributed by atoms with Gasteiger partial charge in [0.05, 0.1) is 0 Å². The standard InChI is InChI=1S/C7H9.2NO.W.H/c1-2-7-5-3-4-6-7;2*1-2;;/h3,5H,2,4H2,1H3;;;;/q;2*-1;+2;. The van der Waals surface area contributed by atoms with Crippen LogP contribution in [0.3, 0.4) is 0 Å². The average molecular weight is 338 g/mol. The van der Waals surface area contributed by atoms with Gasteiger partial charge in [0.25, 0.3) is 0 Å². The molecule has 0 unspecified atom stereocenters. The summed E-state index contributed by atoms with van der Waals surface area (Å²) < 4.78 is 6.68. The van der Waals surface area contributed by atoms with Crippen molar-refractivity contribution >= 4 is 0 Å².